The predicted octanol–water partition coefficient (Wildman–Crippen LogP) is 3.62. The maximum absolute atomic E-state index is 3.80. The first-order chi connectivity index (χ1) is 10.2. The van der Waals surface area contributed by atoms with E-state index < -0.39 is 0 Å². The third-order valence-electron chi connectivity index (χ3n) is 3.18. The summed E-state index contributed by atoms with van der Waals surface area (Å²) in [4.78, 5) is 2.18. The van der Waals surface area contributed by atoms with Crippen molar-refractivity contribution in [3.63, 3.8) is 0 Å². The van der Waals surface area contributed by atoms with Crippen LogP contribution in [0.5, 0.6) is 0 Å². The molecule has 21 heavy (non-hydrogen) atoms. The van der Waals surface area contributed by atoms with Crippen molar-refractivity contribution in [2.45, 2.75) is 25.8 Å². The molecule has 1 aromatic rings. The highest BCUT2D eigenvalue weighted by molar-refractivity contribution is 5.45. The number of rotatable bonds is 10. The van der Waals surface area contributed by atoms with Crippen LogP contribution in [0.1, 0.15) is 24.8 Å². The molecule has 0 amide bonds. The van der Waals surface area contributed by atoms with Gasteiger partial charge in [-0.15, -0.1) is 6.58 Å². The van der Waals surface area contributed by atoms with Crippen molar-refractivity contribution >= 4 is 5.69 Å². The minimum Gasteiger partial charge on any atom is -0.394 e. The van der Waals surface area contributed by atoms with Crippen LogP contribution in [0.15, 0.2) is 48.7 Å². The van der Waals surface area contributed by atoms with E-state index in [0.717, 1.165) is 32.4 Å². The lowest BCUT2D eigenvalue weighted by atomic mass is 10.1. The second-order valence-electron chi connectivity index (χ2n) is 5.55. The van der Waals surface area contributed by atoms with E-state index in [9.17, 15) is 0 Å². The molecule has 1 aromatic carbocycles. The zero-order chi connectivity index (χ0) is 15.5. The summed E-state index contributed by atoms with van der Waals surface area (Å²) in [6.45, 7) is 5.77. The molecular formula is C18H29N3. The van der Waals surface area contributed by atoms with Crippen molar-refractivity contribution in [1.29, 1.82) is 0 Å². The molecule has 0 aliphatic rings. The molecule has 116 valence electrons. The van der Waals surface area contributed by atoms with Gasteiger partial charge in [-0.3, -0.25) is 0 Å². The fraction of sp³-hybridized carbons (Fsp3) is 0.444. The smallest absolute Gasteiger partial charge is 0.0343 e. The highest BCUT2D eigenvalue weighted by Crippen LogP contribution is 2.13. The Hall–Kier alpha value is -1.74. The van der Waals surface area contributed by atoms with Crippen molar-refractivity contribution in [2.75, 3.05) is 33.0 Å². The van der Waals surface area contributed by atoms with Gasteiger partial charge in [0.1, 0.15) is 0 Å². The molecule has 0 aliphatic carbocycles. The lowest BCUT2D eigenvalue weighted by molar-refractivity contribution is 0.402. The van der Waals surface area contributed by atoms with E-state index in [2.05, 4.69) is 66.7 Å². The van der Waals surface area contributed by atoms with E-state index in [1.807, 2.05) is 13.1 Å². The first-order valence-corrected chi connectivity index (χ1v) is 7.59. The highest BCUT2D eigenvalue weighted by Gasteiger charge is 1.99. The van der Waals surface area contributed by atoms with Gasteiger partial charge in [0, 0.05) is 25.8 Å². The number of allylic oxidation sites excluding steroid dienone is 2. The van der Waals surface area contributed by atoms with E-state index in [1.54, 1.807) is 0 Å². The van der Waals surface area contributed by atoms with Gasteiger partial charge in [0.05, 0.1) is 0 Å². The third kappa shape index (κ3) is 7.57. The van der Waals surface area contributed by atoms with Gasteiger partial charge < -0.3 is 15.5 Å². The largest absolute Gasteiger partial charge is 0.394 e. The Kier molecular flexibility index (Phi) is 8.29. The third-order valence-corrected chi connectivity index (χ3v) is 3.18. The molecule has 0 heterocycles. The van der Waals surface area contributed by atoms with Gasteiger partial charge in [-0.25, -0.2) is 0 Å². The van der Waals surface area contributed by atoms with Crippen LogP contribution in [0.4, 0.5) is 5.69 Å². The van der Waals surface area contributed by atoms with Gasteiger partial charge >= 0.3 is 0 Å². The second-order valence-corrected chi connectivity index (χ2v) is 5.55. The van der Waals surface area contributed by atoms with E-state index in [-0.39, 0.29) is 0 Å². The van der Waals surface area contributed by atoms with Gasteiger partial charge in [0.2, 0.25) is 0 Å². The average molecular weight is 287 g/mol. The van der Waals surface area contributed by atoms with Crippen LogP contribution in [0.2, 0.25) is 0 Å². The summed E-state index contributed by atoms with van der Waals surface area (Å²) in [5.41, 5.74) is 3.94. The van der Waals surface area contributed by atoms with Crippen LogP contribution in [-0.4, -0.2) is 32.6 Å². The number of nitrogens with zero attached hydrogens (tertiary/aromatic N) is 1. The Bertz CT molecular complexity index is 450. The molecular weight excluding hydrogens is 258 g/mol. The van der Waals surface area contributed by atoms with Gasteiger partial charge in [-0.1, -0.05) is 23.8 Å². The molecule has 2 N–H and O–H groups in total. The molecule has 0 radical (unpaired) electrons. The van der Waals surface area contributed by atoms with Gasteiger partial charge in [0.15, 0.2) is 0 Å². The van der Waals surface area contributed by atoms with Crippen LogP contribution in [0.25, 0.3) is 0 Å². The van der Waals surface area contributed by atoms with E-state index >= 15 is 0 Å². The van der Waals surface area contributed by atoms with Crippen molar-refractivity contribution in [2.24, 2.45) is 0 Å². The Balaban J connectivity index is 2.38. The lowest BCUT2D eigenvalue weighted by Crippen LogP contribution is -2.11. The molecule has 0 atom stereocenters. The second kappa shape index (κ2) is 10.1. The highest BCUT2D eigenvalue weighted by atomic mass is 15.0. The molecule has 0 saturated heterocycles. The van der Waals surface area contributed by atoms with Crippen molar-refractivity contribution in [1.82, 2.24) is 10.2 Å². The fourth-order valence-electron chi connectivity index (χ4n) is 2.32. The molecule has 0 fully saturated rings. The number of anilines is 1. The maximum atomic E-state index is 3.80. The quantitative estimate of drug-likeness (QED) is 0.508. The van der Waals surface area contributed by atoms with E-state index in [4.69, 9.17) is 0 Å². The molecule has 3 nitrogen and oxygen atoms in total. The number of hydrogen-bond donors (Lipinski definition) is 2. The van der Waals surface area contributed by atoms with Gasteiger partial charge in [-0.05, 0) is 57.3 Å². The van der Waals surface area contributed by atoms with Crippen LogP contribution in [0, 0.1) is 0 Å². The molecule has 0 aromatic heterocycles. The van der Waals surface area contributed by atoms with Crippen LogP contribution in [0.3, 0.4) is 0 Å². The fourth-order valence-corrected chi connectivity index (χ4v) is 2.32. The van der Waals surface area contributed by atoms with Crippen molar-refractivity contribution in [3.05, 3.63) is 54.3 Å². The summed E-state index contributed by atoms with van der Waals surface area (Å²) in [5, 5.41) is 6.61. The topological polar surface area (TPSA) is 27.3 Å². The predicted molar refractivity (Wildman–Crippen MR) is 93.5 cm³/mol. The Morgan fingerprint density at radius 2 is 2.14 bits per heavy atom. The van der Waals surface area contributed by atoms with Crippen LogP contribution < -0.4 is 10.6 Å². The number of benzene rings is 1. The normalized spacial score (nSPS) is 11.5. The summed E-state index contributed by atoms with van der Waals surface area (Å²) in [5.74, 6) is 0. The molecule has 0 spiro atoms. The zero-order valence-electron chi connectivity index (χ0n) is 13.7. The Morgan fingerprint density at radius 3 is 2.81 bits per heavy atom. The standard InChI is InChI=1S/C18H29N3/c1-5-8-16(14-19-2)10-7-12-20-18-11-6-9-17(13-18)15-21(3)4/h5-6,9,11,13-14,19-20H,1,7-8,10,12,15H2,2-4H3/b16-14+. The van der Waals surface area contributed by atoms with Crippen LogP contribution >= 0.6 is 0 Å². The minimum absolute atomic E-state index is 0.957. The average Bonchev–Trinajstić information content (AvgIpc) is 2.43. The summed E-state index contributed by atoms with van der Waals surface area (Å²) >= 11 is 0. The summed E-state index contributed by atoms with van der Waals surface area (Å²) in [7, 11) is 6.13. The summed E-state index contributed by atoms with van der Waals surface area (Å²) < 4.78 is 0. The van der Waals surface area contributed by atoms with Crippen molar-refractivity contribution < 1.29 is 0 Å². The van der Waals surface area contributed by atoms with E-state index in [0.29, 0.717) is 0 Å². The molecule has 0 unspecified atom stereocenters. The maximum Gasteiger partial charge on any atom is 0.0343 e. The SMILES string of the molecule is C=CC/C(=C\NC)CCCNc1cccc(CN(C)C)c1. The zero-order valence-corrected chi connectivity index (χ0v) is 13.7. The Morgan fingerprint density at radius 1 is 1.33 bits per heavy atom. The number of nitrogens with one attached hydrogen (secondary N) is 2. The first-order valence-electron chi connectivity index (χ1n) is 7.59. The van der Waals surface area contributed by atoms with Crippen LogP contribution in [-0.2, 0) is 6.54 Å². The van der Waals surface area contributed by atoms with E-state index in [1.165, 1.54) is 16.8 Å². The van der Waals surface area contributed by atoms with Gasteiger partial charge in [0.25, 0.3) is 0 Å². The lowest BCUT2D eigenvalue weighted by Gasteiger charge is -2.12. The minimum atomic E-state index is 0.957. The molecule has 1 rings (SSSR count). The molecule has 3 heteroatoms. The molecule has 0 saturated carbocycles. The van der Waals surface area contributed by atoms with Gasteiger partial charge in [-0.2, -0.15) is 0 Å². The Labute approximate surface area is 129 Å². The molecule has 0 bridgehead atoms. The van der Waals surface area contributed by atoms with Crippen molar-refractivity contribution in [3.8, 4) is 0 Å². The number of hydrogen-bond acceptors (Lipinski definition) is 3. The summed E-state index contributed by atoms with van der Waals surface area (Å²) in [6, 6.07) is 8.65. The molecule has 0 aliphatic heterocycles. The monoisotopic (exact) mass is 287 g/mol. The first kappa shape index (κ1) is 17.3. The summed E-state index contributed by atoms with van der Waals surface area (Å²) in [6.07, 6.45) is 7.22.